The highest BCUT2D eigenvalue weighted by Crippen LogP contribution is 2.21. The van der Waals surface area contributed by atoms with Crippen LogP contribution >= 0.6 is 38.5 Å². The predicted octanol–water partition coefficient (Wildman–Crippen LogP) is 7.08. The first-order valence-corrected chi connectivity index (χ1v) is 11.6. The molecule has 0 aliphatic heterocycles. The Hall–Kier alpha value is -2.77. The van der Waals surface area contributed by atoms with E-state index in [1.807, 2.05) is 84.9 Å². The molecule has 1 heterocycles. The first kappa shape index (κ1) is 20.2. The molecule has 0 saturated carbocycles. The van der Waals surface area contributed by atoms with Gasteiger partial charge in [-0.05, 0) is 87.5 Å². The number of nitrogens with zero attached hydrogens (tertiary/aromatic N) is 2. The molecule has 4 aromatic carbocycles. The summed E-state index contributed by atoms with van der Waals surface area (Å²) in [4.78, 5) is 18.4. The van der Waals surface area contributed by atoms with Crippen molar-refractivity contribution in [2.45, 2.75) is 0 Å². The molecule has 0 spiro atoms. The minimum absolute atomic E-state index is 0.0748. The van der Waals surface area contributed by atoms with Crippen LogP contribution in [0.2, 0.25) is 0 Å². The topological polar surface area (TPSA) is 34.9 Å². The standard InChI is InChI=1S/C26H16BrIN2O/c27-20-9-5-17(6-10-20)7-14-25-29-24-13-11-21(28)16-23(24)26(31)30(25)22-12-8-18-3-1-2-4-19(18)15-22/h1-16H. The highest BCUT2D eigenvalue weighted by Gasteiger charge is 2.12. The summed E-state index contributed by atoms with van der Waals surface area (Å²) in [6, 6.07) is 28.0. The zero-order valence-corrected chi connectivity index (χ0v) is 20.0. The van der Waals surface area contributed by atoms with Crippen LogP contribution in [-0.2, 0) is 0 Å². The smallest absolute Gasteiger partial charge is 0.266 e. The lowest BCUT2D eigenvalue weighted by Gasteiger charge is -2.12. The SMILES string of the molecule is O=c1c2cc(I)ccc2nc(C=Cc2ccc(Br)cc2)n1-c1ccc2ccccc2c1. The minimum Gasteiger partial charge on any atom is -0.268 e. The lowest BCUT2D eigenvalue weighted by Crippen LogP contribution is -2.22. The number of hydrogen-bond donors (Lipinski definition) is 0. The predicted molar refractivity (Wildman–Crippen MR) is 141 cm³/mol. The molecule has 3 nitrogen and oxygen atoms in total. The van der Waals surface area contributed by atoms with Crippen LogP contribution in [0.25, 0.3) is 39.5 Å². The third-order valence-electron chi connectivity index (χ3n) is 5.14. The fraction of sp³-hybridized carbons (Fsp3) is 0. The van der Waals surface area contributed by atoms with Crippen molar-refractivity contribution in [3.63, 3.8) is 0 Å². The summed E-state index contributed by atoms with van der Waals surface area (Å²) in [7, 11) is 0. The highest BCUT2D eigenvalue weighted by molar-refractivity contribution is 14.1. The van der Waals surface area contributed by atoms with Crippen LogP contribution < -0.4 is 5.56 Å². The van der Waals surface area contributed by atoms with E-state index in [0.29, 0.717) is 16.7 Å². The van der Waals surface area contributed by atoms with Gasteiger partial charge in [0, 0.05) is 8.04 Å². The number of halogens is 2. The fourth-order valence-electron chi connectivity index (χ4n) is 3.60. The molecule has 0 N–H and O–H groups in total. The molecular weight excluding hydrogens is 563 g/mol. The van der Waals surface area contributed by atoms with Crippen LogP contribution in [0.1, 0.15) is 11.4 Å². The third-order valence-corrected chi connectivity index (χ3v) is 6.34. The van der Waals surface area contributed by atoms with Crippen LogP contribution in [0.4, 0.5) is 0 Å². The van der Waals surface area contributed by atoms with Gasteiger partial charge in [-0.1, -0.05) is 64.5 Å². The molecule has 5 heteroatoms. The van der Waals surface area contributed by atoms with Crippen molar-refractivity contribution in [2.24, 2.45) is 0 Å². The summed E-state index contributed by atoms with van der Waals surface area (Å²) in [6.07, 6.45) is 3.88. The summed E-state index contributed by atoms with van der Waals surface area (Å²) >= 11 is 5.69. The summed E-state index contributed by atoms with van der Waals surface area (Å²) in [6.45, 7) is 0. The van der Waals surface area contributed by atoms with Gasteiger partial charge in [0.2, 0.25) is 0 Å². The molecule has 0 aliphatic carbocycles. The third kappa shape index (κ3) is 4.07. The van der Waals surface area contributed by atoms with Gasteiger partial charge in [-0.3, -0.25) is 9.36 Å². The lowest BCUT2D eigenvalue weighted by molar-refractivity contribution is 0.945. The molecule has 0 amide bonds. The molecule has 0 unspecified atom stereocenters. The first-order valence-electron chi connectivity index (χ1n) is 9.74. The fourth-order valence-corrected chi connectivity index (χ4v) is 4.35. The van der Waals surface area contributed by atoms with Gasteiger partial charge in [0.15, 0.2) is 0 Å². The zero-order chi connectivity index (χ0) is 21.4. The van der Waals surface area contributed by atoms with Crippen LogP contribution in [0.5, 0.6) is 0 Å². The van der Waals surface area contributed by atoms with Crippen molar-refractivity contribution in [3.8, 4) is 5.69 Å². The van der Waals surface area contributed by atoms with Crippen molar-refractivity contribution in [1.29, 1.82) is 0 Å². The Kier molecular flexibility index (Phi) is 5.46. The molecule has 31 heavy (non-hydrogen) atoms. The van der Waals surface area contributed by atoms with E-state index in [-0.39, 0.29) is 5.56 Å². The maximum atomic E-state index is 13.6. The summed E-state index contributed by atoms with van der Waals surface area (Å²) in [5.41, 5.74) is 2.45. The van der Waals surface area contributed by atoms with Gasteiger partial charge in [0.1, 0.15) is 5.82 Å². The molecule has 1 aromatic heterocycles. The molecule has 150 valence electrons. The van der Waals surface area contributed by atoms with Gasteiger partial charge in [-0.2, -0.15) is 0 Å². The molecule has 5 aromatic rings. The number of hydrogen-bond acceptors (Lipinski definition) is 2. The number of rotatable bonds is 3. The van der Waals surface area contributed by atoms with E-state index < -0.39 is 0 Å². The minimum atomic E-state index is -0.0748. The molecule has 0 atom stereocenters. The maximum absolute atomic E-state index is 13.6. The van der Waals surface area contributed by atoms with Crippen molar-refractivity contribution >= 4 is 72.3 Å². The molecule has 5 rings (SSSR count). The van der Waals surface area contributed by atoms with E-state index in [9.17, 15) is 4.79 Å². The van der Waals surface area contributed by atoms with Crippen LogP contribution in [0.3, 0.4) is 0 Å². The van der Waals surface area contributed by atoms with Gasteiger partial charge in [-0.25, -0.2) is 4.98 Å². The van der Waals surface area contributed by atoms with E-state index in [4.69, 9.17) is 4.98 Å². The molecule has 0 radical (unpaired) electrons. The van der Waals surface area contributed by atoms with Gasteiger partial charge < -0.3 is 0 Å². The molecule has 0 fully saturated rings. The first-order chi connectivity index (χ1) is 15.1. The van der Waals surface area contributed by atoms with Gasteiger partial charge in [0.25, 0.3) is 5.56 Å². The monoisotopic (exact) mass is 578 g/mol. The second kappa shape index (κ2) is 8.40. The Morgan fingerprint density at radius 3 is 2.42 bits per heavy atom. The molecule has 0 saturated heterocycles. The quantitative estimate of drug-likeness (QED) is 0.214. The van der Waals surface area contributed by atoms with E-state index in [1.165, 1.54) is 0 Å². The Morgan fingerprint density at radius 2 is 1.61 bits per heavy atom. The largest absolute Gasteiger partial charge is 0.268 e. The zero-order valence-electron chi connectivity index (χ0n) is 16.3. The van der Waals surface area contributed by atoms with Gasteiger partial charge >= 0.3 is 0 Å². The van der Waals surface area contributed by atoms with Crippen LogP contribution in [0, 0.1) is 3.57 Å². The summed E-state index contributed by atoms with van der Waals surface area (Å²) < 4.78 is 3.73. The second-order valence-corrected chi connectivity index (χ2v) is 9.35. The average molecular weight is 579 g/mol. The second-order valence-electron chi connectivity index (χ2n) is 7.19. The maximum Gasteiger partial charge on any atom is 0.266 e. The van der Waals surface area contributed by atoms with Crippen molar-refractivity contribution < 1.29 is 0 Å². The molecule has 0 bridgehead atoms. The molecule has 0 aliphatic rings. The Bertz CT molecular complexity index is 1520. The number of aromatic nitrogens is 2. The van der Waals surface area contributed by atoms with E-state index in [2.05, 4.69) is 50.7 Å². The van der Waals surface area contributed by atoms with Crippen LogP contribution in [-0.4, -0.2) is 9.55 Å². The Labute approximate surface area is 201 Å². The van der Waals surface area contributed by atoms with Crippen molar-refractivity contribution in [2.75, 3.05) is 0 Å². The summed E-state index contributed by atoms with van der Waals surface area (Å²) in [5, 5.41) is 2.83. The van der Waals surface area contributed by atoms with Gasteiger partial charge in [0.05, 0.1) is 16.6 Å². The normalized spacial score (nSPS) is 11.5. The van der Waals surface area contributed by atoms with E-state index in [1.54, 1.807) is 4.57 Å². The number of fused-ring (bicyclic) bond motifs is 2. The lowest BCUT2D eigenvalue weighted by atomic mass is 10.1. The van der Waals surface area contributed by atoms with E-state index >= 15 is 0 Å². The Balaban J connectivity index is 1.75. The van der Waals surface area contributed by atoms with Crippen molar-refractivity contribution in [1.82, 2.24) is 9.55 Å². The van der Waals surface area contributed by atoms with Gasteiger partial charge in [-0.15, -0.1) is 0 Å². The summed E-state index contributed by atoms with van der Waals surface area (Å²) in [5.74, 6) is 0.594. The van der Waals surface area contributed by atoms with Crippen molar-refractivity contribution in [3.05, 3.63) is 115 Å². The number of benzene rings is 4. The highest BCUT2D eigenvalue weighted by atomic mass is 127. The van der Waals surface area contributed by atoms with E-state index in [0.717, 1.165) is 30.1 Å². The average Bonchev–Trinajstić information content (AvgIpc) is 2.79. The molecular formula is C26H16BrIN2O. The van der Waals surface area contributed by atoms with Crippen LogP contribution in [0.15, 0.2) is 94.2 Å². The Morgan fingerprint density at radius 1 is 0.839 bits per heavy atom.